The summed E-state index contributed by atoms with van der Waals surface area (Å²) in [5, 5.41) is 6.52. The van der Waals surface area contributed by atoms with Crippen LogP contribution in [0.3, 0.4) is 0 Å². The highest BCUT2D eigenvalue weighted by Crippen LogP contribution is 2.26. The molecule has 0 atom stereocenters. The van der Waals surface area contributed by atoms with Crippen LogP contribution in [0.25, 0.3) is 0 Å². The first-order valence-corrected chi connectivity index (χ1v) is 5.30. The van der Waals surface area contributed by atoms with Crippen LogP contribution < -0.4 is 15.3 Å². The summed E-state index contributed by atoms with van der Waals surface area (Å²) in [4.78, 5) is 0. The third-order valence-corrected chi connectivity index (χ3v) is 2.49. The van der Waals surface area contributed by atoms with E-state index in [-0.39, 0.29) is 6.61 Å². The Morgan fingerprint density at radius 3 is 2.71 bits per heavy atom. The molecule has 0 spiro atoms. The molecule has 17 heavy (non-hydrogen) atoms. The lowest BCUT2D eigenvalue weighted by atomic mass is 10.3. The number of aromatic nitrogens is 3. The van der Waals surface area contributed by atoms with Gasteiger partial charge in [0.05, 0.1) is 7.11 Å². The molecule has 1 aromatic heterocycles. The van der Waals surface area contributed by atoms with E-state index in [1.807, 2.05) is 18.2 Å². The van der Waals surface area contributed by atoms with E-state index in [0.717, 1.165) is 0 Å². The highest BCUT2D eigenvalue weighted by Gasteiger charge is 2.06. The van der Waals surface area contributed by atoms with Gasteiger partial charge >= 0.3 is 0 Å². The molecule has 3 N–H and O–H groups in total. The SMILES string of the molecule is COc1ccccc1OCc1n[nH]c(=S)n1N. The predicted octanol–water partition coefficient (Wildman–Crippen LogP) is 1.24. The van der Waals surface area contributed by atoms with Crippen molar-refractivity contribution in [1.82, 2.24) is 14.9 Å². The third kappa shape index (κ3) is 2.39. The van der Waals surface area contributed by atoms with Gasteiger partial charge in [-0.15, -0.1) is 0 Å². The molecule has 0 radical (unpaired) electrons. The molecular formula is C10H12N4O2S. The first-order valence-electron chi connectivity index (χ1n) is 4.89. The minimum Gasteiger partial charge on any atom is -0.493 e. The first-order chi connectivity index (χ1) is 8.22. The monoisotopic (exact) mass is 252 g/mol. The Bertz CT molecular complexity index is 563. The van der Waals surface area contributed by atoms with Gasteiger partial charge in [-0.2, -0.15) is 5.10 Å². The van der Waals surface area contributed by atoms with Gasteiger partial charge in [0.1, 0.15) is 6.61 Å². The van der Waals surface area contributed by atoms with Crippen LogP contribution in [0, 0.1) is 4.77 Å². The van der Waals surface area contributed by atoms with E-state index < -0.39 is 0 Å². The Morgan fingerprint density at radius 2 is 2.12 bits per heavy atom. The molecule has 0 amide bonds. The Labute approximate surface area is 103 Å². The Morgan fingerprint density at radius 1 is 1.41 bits per heavy atom. The van der Waals surface area contributed by atoms with Crippen LogP contribution in [0.5, 0.6) is 11.5 Å². The molecule has 1 aromatic carbocycles. The number of nitrogens with one attached hydrogen (secondary N) is 1. The summed E-state index contributed by atoms with van der Waals surface area (Å²) in [5.41, 5.74) is 0. The highest BCUT2D eigenvalue weighted by atomic mass is 32.1. The molecule has 0 saturated heterocycles. The Kier molecular flexibility index (Phi) is 3.29. The van der Waals surface area contributed by atoms with Gasteiger partial charge in [-0.3, -0.25) is 5.10 Å². The maximum atomic E-state index is 5.64. The second kappa shape index (κ2) is 4.88. The summed E-state index contributed by atoms with van der Waals surface area (Å²) in [6.45, 7) is 0.212. The summed E-state index contributed by atoms with van der Waals surface area (Å²) in [6, 6.07) is 7.35. The van der Waals surface area contributed by atoms with Crippen molar-refractivity contribution in [2.45, 2.75) is 6.61 Å². The van der Waals surface area contributed by atoms with Gasteiger partial charge in [0.25, 0.3) is 0 Å². The number of para-hydroxylation sites is 2. The van der Waals surface area contributed by atoms with Crippen LogP contribution in [0.1, 0.15) is 5.82 Å². The molecule has 6 nitrogen and oxygen atoms in total. The van der Waals surface area contributed by atoms with E-state index >= 15 is 0 Å². The van der Waals surface area contributed by atoms with Crippen molar-refractivity contribution < 1.29 is 9.47 Å². The van der Waals surface area contributed by atoms with E-state index in [4.69, 9.17) is 27.5 Å². The van der Waals surface area contributed by atoms with Crippen molar-refractivity contribution >= 4 is 12.2 Å². The van der Waals surface area contributed by atoms with Gasteiger partial charge in [0, 0.05) is 0 Å². The van der Waals surface area contributed by atoms with Crippen LogP contribution in [0.2, 0.25) is 0 Å². The number of rotatable bonds is 4. The van der Waals surface area contributed by atoms with Crippen LogP contribution in [0.15, 0.2) is 24.3 Å². The van der Waals surface area contributed by atoms with E-state index in [2.05, 4.69) is 10.2 Å². The van der Waals surface area contributed by atoms with Gasteiger partial charge in [0.2, 0.25) is 4.77 Å². The smallest absolute Gasteiger partial charge is 0.214 e. The largest absolute Gasteiger partial charge is 0.493 e. The second-order valence-electron chi connectivity index (χ2n) is 3.25. The average molecular weight is 252 g/mol. The number of hydrogen-bond acceptors (Lipinski definition) is 5. The standard InChI is InChI=1S/C10H12N4O2S/c1-15-7-4-2-3-5-8(7)16-6-9-12-13-10(17)14(9)11/h2-5H,6,11H2,1H3,(H,13,17). The van der Waals surface area contributed by atoms with Crippen LogP contribution in [-0.4, -0.2) is 22.0 Å². The van der Waals surface area contributed by atoms with Crippen LogP contribution >= 0.6 is 12.2 Å². The zero-order chi connectivity index (χ0) is 12.3. The average Bonchev–Trinajstić information content (AvgIpc) is 2.68. The third-order valence-electron chi connectivity index (χ3n) is 2.20. The topological polar surface area (TPSA) is 78.1 Å². The van der Waals surface area contributed by atoms with Crippen molar-refractivity contribution in [3.05, 3.63) is 34.9 Å². The fourth-order valence-corrected chi connectivity index (χ4v) is 1.47. The van der Waals surface area contributed by atoms with Crippen LogP contribution in [-0.2, 0) is 6.61 Å². The van der Waals surface area contributed by atoms with Crippen molar-refractivity contribution in [1.29, 1.82) is 0 Å². The quantitative estimate of drug-likeness (QED) is 0.632. The lowest BCUT2D eigenvalue weighted by molar-refractivity contribution is 0.273. The number of nitrogen functional groups attached to an aromatic ring is 1. The van der Waals surface area contributed by atoms with Crippen molar-refractivity contribution in [3.63, 3.8) is 0 Å². The molecule has 2 rings (SSSR count). The minimum absolute atomic E-state index is 0.212. The van der Waals surface area contributed by atoms with Crippen molar-refractivity contribution in [2.75, 3.05) is 13.0 Å². The number of methoxy groups -OCH3 is 1. The first kappa shape index (κ1) is 11.5. The van der Waals surface area contributed by atoms with Gasteiger partial charge < -0.3 is 15.3 Å². The van der Waals surface area contributed by atoms with Gasteiger partial charge in [0.15, 0.2) is 17.3 Å². The summed E-state index contributed by atoms with van der Waals surface area (Å²) >= 11 is 4.89. The molecule has 0 bridgehead atoms. The molecule has 0 fully saturated rings. The Hall–Kier alpha value is -2.02. The fraction of sp³-hybridized carbons (Fsp3) is 0.200. The van der Waals surface area contributed by atoms with E-state index in [1.165, 1.54) is 4.68 Å². The van der Waals surface area contributed by atoms with E-state index in [0.29, 0.717) is 22.1 Å². The lowest BCUT2D eigenvalue weighted by Gasteiger charge is -2.09. The van der Waals surface area contributed by atoms with Crippen molar-refractivity contribution in [2.24, 2.45) is 0 Å². The number of hydrogen-bond donors (Lipinski definition) is 2. The molecule has 1 heterocycles. The number of aromatic amines is 1. The molecule has 7 heteroatoms. The molecule has 2 aromatic rings. The number of nitrogens with two attached hydrogens (primary N) is 1. The molecule has 90 valence electrons. The second-order valence-corrected chi connectivity index (χ2v) is 3.64. The summed E-state index contributed by atoms with van der Waals surface area (Å²) < 4.78 is 12.3. The number of H-pyrrole nitrogens is 1. The maximum absolute atomic E-state index is 5.64. The molecule has 0 aliphatic carbocycles. The molecular weight excluding hydrogens is 240 g/mol. The molecule has 0 aliphatic rings. The van der Waals surface area contributed by atoms with Gasteiger partial charge in [-0.1, -0.05) is 12.1 Å². The van der Waals surface area contributed by atoms with Gasteiger partial charge in [-0.25, -0.2) is 4.68 Å². The Balaban J connectivity index is 2.12. The maximum Gasteiger partial charge on any atom is 0.214 e. The predicted molar refractivity (Wildman–Crippen MR) is 64.9 cm³/mol. The minimum atomic E-state index is 0.212. The number of benzene rings is 1. The zero-order valence-electron chi connectivity index (χ0n) is 9.21. The molecule has 0 aliphatic heterocycles. The van der Waals surface area contributed by atoms with E-state index in [9.17, 15) is 0 Å². The normalized spacial score (nSPS) is 10.2. The number of nitrogens with zero attached hydrogens (tertiary/aromatic N) is 2. The highest BCUT2D eigenvalue weighted by molar-refractivity contribution is 7.71. The van der Waals surface area contributed by atoms with E-state index in [1.54, 1.807) is 13.2 Å². The molecule has 0 saturated carbocycles. The fourth-order valence-electron chi connectivity index (χ4n) is 1.32. The molecule has 0 unspecified atom stereocenters. The lowest BCUT2D eigenvalue weighted by Crippen LogP contribution is -2.14. The zero-order valence-corrected chi connectivity index (χ0v) is 10.0. The summed E-state index contributed by atoms with van der Waals surface area (Å²) in [6.07, 6.45) is 0. The number of ether oxygens (including phenoxy) is 2. The summed E-state index contributed by atoms with van der Waals surface area (Å²) in [5.74, 6) is 7.45. The van der Waals surface area contributed by atoms with Crippen molar-refractivity contribution in [3.8, 4) is 11.5 Å². The summed E-state index contributed by atoms with van der Waals surface area (Å²) in [7, 11) is 1.58. The van der Waals surface area contributed by atoms with Gasteiger partial charge in [-0.05, 0) is 24.4 Å². The van der Waals surface area contributed by atoms with Crippen LogP contribution in [0.4, 0.5) is 0 Å².